The maximum absolute atomic E-state index is 12.6. The Labute approximate surface area is 148 Å². The van der Waals surface area contributed by atoms with Gasteiger partial charge in [0.2, 0.25) is 5.91 Å². The van der Waals surface area contributed by atoms with Gasteiger partial charge in [-0.15, -0.1) is 11.3 Å². The lowest BCUT2D eigenvalue weighted by molar-refractivity contribution is -0.123. The summed E-state index contributed by atoms with van der Waals surface area (Å²) in [6.07, 6.45) is 5.99. The molecule has 1 aliphatic rings. The van der Waals surface area contributed by atoms with E-state index in [1.54, 1.807) is 11.3 Å². The SMILES string of the molecule is C[C@H](N[C@H](c1ccccc1)c1cccs1)C(=O)NC1CCCCC1. The summed E-state index contributed by atoms with van der Waals surface area (Å²) in [5.74, 6) is 0.111. The van der Waals surface area contributed by atoms with Gasteiger partial charge >= 0.3 is 0 Å². The highest BCUT2D eigenvalue weighted by molar-refractivity contribution is 7.10. The molecule has 24 heavy (non-hydrogen) atoms. The number of nitrogens with one attached hydrogen (secondary N) is 2. The molecule has 1 aliphatic carbocycles. The van der Waals surface area contributed by atoms with E-state index in [2.05, 4.69) is 40.3 Å². The molecule has 2 atom stereocenters. The fourth-order valence-electron chi connectivity index (χ4n) is 3.34. The molecule has 4 heteroatoms. The molecule has 1 amide bonds. The molecule has 1 aromatic carbocycles. The Kier molecular flexibility index (Phi) is 6.05. The first kappa shape index (κ1) is 17.2. The predicted octanol–water partition coefficient (Wildman–Crippen LogP) is 4.26. The van der Waals surface area contributed by atoms with Crippen LogP contribution in [-0.2, 0) is 4.79 Å². The van der Waals surface area contributed by atoms with Gasteiger partial charge in [0.1, 0.15) is 0 Å². The maximum atomic E-state index is 12.6. The van der Waals surface area contributed by atoms with Crippen LogP contribution in [0.5, 0.6) is 0 Å². The summed E-state index contributed by atoms with van der Waals surface area (Å²) in [5, 5.41) is 8.83. The van der Waals surface area contributed by atoms with Crippen LogP contribution in [-0.4, -0.2) is 18.0 Å². The predicted molar refractivity (Wildman–Crippen MR) is 100 cm³/mol. The lowest BCUT2D eigenvalue weighted by Crippen LogP contribution is -2.47. The second-order valence-electron chi connectivity index (χ2n) is 6.59. The molecule has 3 nitrogen and oxygen atoms in total. The van der Waals surface area contributed by atoms with Crippen LogP contribution in [0.15, 0.2) is 47.8 Å². The van der Waals surface area contributed by atoms with Crippen molar-refractivity contribution in [2.45, 2.75) is 57.2 Å². The fraction of sp³-hybridized carbons (Fsp3) is 0.450. The van der Waals surface area contributed by atoms with Crippen molar-refractivity contribution in [2.24, 2.45) is 0 Å². The number of benzene rings is 1. The van der Waals surface area contributed by atoms with E-state index in [-0.39, 0.29) is 18.0 Å². The second kappa shape index (κ2) is 8.45. The topological polar surface area (TPSA) is 41.1 Å². The number of hydrogen-bond acceptors (Lipinski definition) is 3. The van der Waals surface area contributed by atoms with Crippen LogP contribution in [0, 0.1) is 0 Å². The third-order valence-electron chi connectivity index (χ3n) is 4.72. The molecule has 1 heterocycles. The molecule has 1 fully saturated rings. The first-order valence-electron chi connectivity index (χ1n) is 8.89. The van der Waals surface area contributed by atoms with Crippen molar-refractivity contribution < 1.29 is 4.79 Å². The number of rotatable bonds is 6. The van der Waals surface area contributed by atoms with E-state index in [1.807, 2.05) is 25.1 Å². The Bertz CT molecular complexity index is 620. The lowest BCUT2D eigenvalue weighted by atomic mass is 9.95. The van der Waals surface area contributed by atoms with Gasteiger partial charge in [-0.25, -0.2) is 0 Å². The van der Waals surface area contributed by atoms with Crippen LogP contribution < -0.4 is 10.6 Å². The summed E-state index contributed by atoms with van der Waals surface area (Å²) in [6, 6.07) is 14.7. The third kappa shape index (κ3) is 4.46. The van der Waals surface area contributed by atoms with E-state index >= 15 is 0 Å². The molecular formula is C20H26N2OS. The molecule has 2 N–H and O–H groups in total. The van der Waals surface area contributed by atoms with E-state index in [4.69, 9.17) is 0 Å². The largest absolute Gasteiger partial charge is 0.352 e. The number of carbonyl (C=O) groups is 1. The number of thiophene rings is 1. The molecular weight excluding hydrogens is 316 g/mol. The average Bonchev–Trinajstić information content (AvgIpc) is 3.15. The van der Waals surface area contributed by atoms with Crippen LogP contribution in [0.2, 0.25) is 0 Å². The van der Waals surface area contributed by atoms with E-state index in [1.165, 1.54) is 29.7 Å². The Hall–Kier alpha value is -1.65. The molecule has 0 bridgehead atoms. The standard InChI is InChI=1S/C20H26N2OS/c1-15(20(23)22-17-11-6-3-7-12-17)21-19(18-13-8-14-24-18)16-9-4-2-5-10-16/h2,4-5,8-10,13-15,17,19,21H,3,6-7,11-12H2,1H3,(H,22,23)/t15-,19+/m0/s1. The first-order valence-corrected chi connectivity index (χ1v) is 9.77. The molecule has 0 unspecified atom stereocenters. The van der Waals surface area contributed by atoms with Gasteiger partial charge in [0.05, 0.1) is 12.1 Å². The molecule has 1 aromatic heterocycles. The van der Waals surface area contributed by atoms with Crippen molar-refractivity contribution in [1.29, 1.82) is 0 Å². The quantitative estimate of drug-likeness (QED) is 0.823. The van der Waals surface area contributed by atoms with E-state index in [9.17, 15) is 4.79 Å². The van der Waals surface area contributed by atoms with Gasteiger partial charge in [0.25, 0.3) is 0 Å². The summed E-state index contributed by atoms with van der Waals surface area (Å²) in [4.78, 5) is 13.8. The van der Waals surface area contributed by atoms with Gasteiger partial charge in [-0.2, -0.15) is 0 Å². The van der Waals surface area contributed by atoms with Gasteiger partial charge in [-0.3, -0.25) is 10.1 Å². The monoisotopic (exact) mass is 342 g/mol. The van der Waals surface area contributed by atoms with E-state index < -0.39 is 0 Å². The number of amides is 1. The minimum atomic E-state index is -0.223. The average molecular weight is 343 g/mol. The smallest absolute Gasteiger partial charge is 0.237 e. The van der Waals surface area contributed by atoms with E-state index in [0.29, 0.717) is 6.04 Å². The summed E-state index contributed by atoms with van der Waals surface area (Å²) in [5.41, 5.74) is 1.19. The zero-order chi connectivity index (χ0) is 16.8. The van der Waals surface area contributed by atoms with Crippen molar-refractivity contribution >= 4 is 17.2 Å². The summed E-state index contributed by atoms with van der Waals surface area (Å²) in [6.45, 7) is 1.96. The number of hydrogen-bond donors (Lipinski definition) is 2. The molecule has 0 radical (unpaired) electrons. The minimum Gasteiger partial charge on any atom is -0.352 e. The van der Waals surface area contributed by atoms with Crippen LogP contribution in [0.4, 0.5) is 0 Å². The minimum absolute atomic E-state index is 0.0540. The fourth-order valence-corrected chi connectivity index (χ4v) is 4.15. The number of carbonyl (C=O) groups excluding carboxylic acids is 1. The Balaban J connectivity index is 1.66. The van der Waals surface area contributed by atoms with Crippen molar-refractivity contribution in [3.05, 3.63) is 58.3 Å². The van der Waals surface area contributed by atoms with Crippen LogP contribution in [0.3, 0.4) is 0 Å². The van der Waals surface area contributed by atoms with Gasteiger partial charge in [0, 0.05) is 10.9 Å². The highest BCUT2D eigenvalue weighted by Crippen LogP contribution is 2.26. The molecule has 0 spiro atoms. The van der Waals surface area contributed by atoms with Gasteiger partial charge in [-0.05, 0) is 36.8 Å². The second-order valence-corrected chi connectivity index (χ2v) is 7.57. The molecule has 0 saturated heterocycles. The third-order valence-corrected chi connectivity index (χ3v) is 5.66. The highest BCUT2D eigenvalue weighted by Gasteiger charge is 2.23. The van der Waals surface area contributed by atoms with Crippen molar-refractivity contribution in [3.63, 3.8) is 0 Å². The van der Waals surface area contributed by atoms with Crippen LogP contribution >= 0.6 is 11.3 Å². The first-order chi connectivity index (χ1) is 11.7. The van der Waals surface area contributed by atoms with Crippen molar-refractivity contribution in [1.82, 2.24) is 10.6 Å². The normalized spacial score (nSPS) is 18.0. The van der Waals surface area contributed by atoms with Gasteiger partial charge < -0.3 is 5.32 Å². The van der Waals surface area contributed by atoms with Crippen LogP contribution in [0.1, 0.15) is 55.5 Å². The molecule has 2 aromatic rings. The van der Waals surface area contributed by atoms with Crippen LogP contribution in [0.25, 0.3) is 0 Å². The van der Waals surface area contributed by atoms with Gasteiger partial charge in [-0.1, -0.05) is 55.7 Å². The zero-order valence-electron chi connectivity index (χ0n) is 14.2. The Morgan fingerprint density at radius 2 is 1.83 bits per heavy atom. The Morgan fingerprint density at radius 1 is 1.08 bits per heavy atom. The molecule has 128 valence electrons. The molecule has 0 aliphatic heterocycles. The molecule has 3 rings (SSSR count). The van der Waals surface area contributed by atoms with Gasteiger partial charge in [0.15, 0.2) is 0 Å². The maximum Gasteiger partial charge on any atom is 0.237 e. The lowest BCUT2D eigenvalue weighted by Gasteiger charge is -2.27. The highest BCUT2D eigenvalue weighted by atomic mass is 32.1. The summed E-state index contributed by atoms with van der Waals surface area (Å²) in [7, 11) is 0. The van der Waals surface area contributed by atoms with Crippen molar-refractivity contribution in [3.8, 4) is 0 Å². The zero-order valence-corrected chi connectivity index (χ0v) is 15.0. The summed E-state index contributed by atoms with van der Waals surface area (Å²) < 4.78 is 0. The van der Waals surface area contributed by atoms with E-state index in [0.717, 1.165) is 12.8 Å². The Morgan fingerprint density at radius 3 is 2.50 bits per heavy atom. The van der Waals surface area contributed by atoms with Crippen molar-refractivity contribution in [2.75, 3.05) is 0 Å². The molecule has 1 saturated carbocycles. The summed E-state index contributed by atoms with van der Waals surface area (Å²) >= 11 is 1.72.